The van der Waals surface area contributed by atoms with Crippen molar-refractivity contribution in [3.05, 3.63) is 35.9 Å². The summed E-state index contributed by atoms with van der Waals surface area (Å²) in [6.07, 6.45) is -0.514. The van der Waals surface area contributed by atoms with Gasteiger partial charge in [-0.3, -0.25) is 0 Å². The molecule has 0 saturated heterocycles. The quantitative estimate of drug-likeness (QED) is 0.789. The Morgan fingerprint density at radius 2 is 2.13 bits per heavy atom. The second-order valence-electron chi connectivity index (χ2n) is 3.14. The van der Waals surface area contributed by atoms with Gasteiger partial charge in [0.05, 0.1) is 12.6 Å². The van der Waals surface area contributed by atoms with Crippen LogP contribution in [0.2, 0.25) is 0 Å². The van der Waals surface area contributed by atoms with Crippen molar-refractivity contribution in [1.29, 1.82) is 0 Å². The fourth-order valence-electron chi connectivity index (χ4n) is 1.18. The highest BCUT2D eigenvalue weighted by molar-refractivity contribution is 5.67. The SMILES string of the molecule is CC(NC(=O)OCCO)c1ccccc1. The van der Waals surface area contributed by atoms with Gasteiger partial charge in [0.15, 0.2) is 0 Å². The maximum atomic E-state index is 11.1. The molecule has 0 aliphatic rings. The normalized spacial score (nSPS) is 11.9. The average Bonchev–Trinajstić information content (AvgIpc) is 2.27. The van der Waals surface area contributed by atoms with Crippen molar-refractivity contribution in [3.63, 3.8) is 0 Å². The molecule has 4 heteroatoms. The Morgan fingerprint density at radius 1 is 1.47 bits per heavy atom. The molecule has 4 nitrogen and oxygen atoms in total. The smallest absolute Gasteiger partial charge is 0.407 e. The lowest BCUT2D eigenvalue weighted by Gasteiger charge is -2.13. The Kier molecular flexibility index (Phi) is 4.63. The Balaban J connectivity index is 2.42. The largest absolute Gasteiger partial charge is 0.447 e. The van der Waals surface area contributed by atoms with Crippen molar-refractivity contribution in [2.24, 2.45) is 0 Å². The monoisotopic (exact) mass is 209 g/mol. The number of hydrogen-bond donors (Lipinski definition) is 2. The van der Waals surface area contributed by atoms with E-state index in [1.165, 1.54) is 0 Å². The summed E-state index contributed by atoms with van der Waals surface area (Å²) in [5.74, 6) is 0. The van der Waals surface area contributed by atoms with Crippen molar-refractivity contribution in [2.75, 3.05) is 13.2 Å². The van der Waals surface area contributed by atoms with Crippen LogP contribution in [-0.4, -0.2) is 24.4 Å². The molecule has 0 bridgehead atoms. The number of alkyl carbamates (subject to hydrolysis) is 1. The minimum atomic E-state index is -0.514. The molecule has 1 atom stereocenters. The van der Waals surface area contributed by atoms with E-state index in [-0.39, 0.29) is 19.3 Å². The fourth-order valence-corrected chi connectivity index (χ4v) is 1.18. The number of benzene rings is 1. The fraction of sp³-hybridized carbons (Fsp3) is 0.364. The Bertz CT molecular complexity index is 300. The first-order valence-electron chi connectivity index (χ1n) is 4.83. The van der Waals surface area contributed by atoms with Gasteiger partial charge in [-0.15, -0.1) is 0 Å². The maximum absolute atomic E-state index is 11.1. The number of amides is 1. The van der Waals surface area contributed by atoms with Crippen LogP contribution in [0.5, 0.6) is 0 Å². The predicted octanol–water partition coefficient (Wildman–Crippen LogP) is 1.47. The highest BCUT2D eigenvalue weighted by atomic mass is 16.6. The number of aliphatic hydroxyl groups excluding tert-OH is 1. The van der Waals surface area contributed by atoms with Crippen LogP contribution >= 0.6 is 0 Å². The molecule has 1 aromatic rings. The van der Waals surface area contributed by atoms with Gasteiger partial charge in [-0.1, -0.05) is 30.3 Å². The molecule has 2 N–H and O–H groups in total. The van der Waals surface area contributed by atoms with Crippen LogP contribution in [0.1, 0.15) is 18.5 Å². The van der Waals surface area contributed by atoms with E-state index in [1.54, 1.807) is 0 Å². The summed E-state index contributed by atoms with van der Waals surface area (Å²) in [5.41, 5.74) is 1.01. The first kappa shape index (κ1) is 11.5. The molecule has 0 aliphatic carbocycles. The lowest BCUT2D eigenvalue weighted by atomic mass is 10.1. The van der Waals surface area contributed by atoms with Gasteiger partial charge in [0.25, 0.3) is 0 Å². The van der Waals surface area contributed by atoms with Gasteiger partial charge in [-0.2, -0.15) is 0 Å². The zero-order valence-electron chi connectivity index (χ0n) is 8.64. The van der Waals surface area contributed by atoms with E-state index in [2.05, 4.69) is 10.1 Å². The number of nitrogens with one attached hydrogen (secondary N) is 1. The zero-order chi connectivity index (χ0) is 11.1. The molecular formula is C11H15NO3. The summed E-state index contributed by atoms with van der Waals surface area (Å²) in [6, 6.07) is 9.49. The predicted molar refractivity (Wildman–Crippen MR) is 56.4 cm³/mol. The standard InChI is InChI=1S/C11H15NO3/c1-9(10-5-3-2-4-6-10)12-11(14)15-8-7-13/h2-6,9,13H,7-8H2,1H3,(H,12,14). The minimum absolute atomic E-state index is 0.0212. The molecule has 0 aromatic heterocycles. The van der Waals surface area contributed by atoms with Crippen LogP contribution in [-0.2, 0) is 4.74 Å². The van der Waals surface area contributed by atoms with Crippen molar-refractivity contribution in [2.45, 2.75) is 13.0 Å². The van der Waals surface area contributed by atoms with Crippen LogP contribution in [0.3, 0.4) is 0 Å². The van der Waals surface area contributed by atoms with Crippen LogP contribution < -0.4 is 5.32 Å². The van der Waals surface area contributed by atoms with Gasteiger partial charge in [0.2, 0.25) is 0 Å². The molecule has 0 fully saturated rings. The van der Waals surface area contributed by atoms with Crippen molar-refractivity contribution in [3.8, 4) is 0 Å². The van der Waals surface area contributed by atoms with Crippen LogP contribution in [0.15, 0.2) is 30.3 Å². The van der Waals surface area contributed by atoms with Crippen LogP contribution in [0, 0.1) is 0 Å². The third-order valence-electron chi connectivity index (χ3n) is 1.96. The molecule has 82 valence electrons. The second kappa shape index (κ2) is 6.03. The molecule has 0 aliphatic heterocycles. The molecule has 1 unspecified atom stereocenters. The first-order chi connectivity index (χ1) is 7.24. The summed E-state index contributed by atoms with van der Waals surface area (Å²) >= 11 is 0. The summed E-state index contributed by atoms with van der Waals surface area (Å²) in [7, 11) is 0. The highest BCUT2D eigenvalue weighted by Crippen LogP contribution is 2.10. The van der Waals surface area contributed by atoms with Gasteiger partial charge in [-0.05, 0) is 12.5 Å². The number of rotatable bonds is 4. The molecule has 0 saturated carbocycles. The maximum Gasteiger partial charge on any atom is 0.407 e. The number of aliphatic hydroxyl groups is 1. The topological polar surface area (TPSA) is 58.6 Å². The lowest BCUT2D eigenvalue weighted by Crippen LogP contribution is -2.28. The van der Waals surface area contributed by atoms with Gasteiger partial charge < -0.3 is 15.2 Å². The Hall–Kier alpha value is -1.55. The van der Waals surface area contributed by atoms with Crippen LogP contribution in [0.4, 0.5) is 4.79 Å². The molecular weight excluding hydrogens is 194 g/mol. The number of carbonyl (C=O) groups is 1. The van der Waals surface area contributed by atoms with Crippen molar-refractivity contribution < 1.29 is 14.6 Å². The Morgan fingerprint density at radius 3 is 2.73 bits per heavy atom. The van der Waals surface area contributed by atoms with E-state index >= 15 is 0 Å². The molecule has 0 spiro atoms. The molecule has 1 amide bonds. The molecule has 0 radical (unpaired) electrons. The molecule has 1 rings (SSSR count). The van der Waals surface area contributed by atoms with E-state index in [1.807, 2.05) is 37.3 Å². The third-order valence-corrected chi connectivity index (χ3v) is 1.96. The third kappa shape index (κ3) is 3.99. The lowest BCUT2D eigenvalue weighted by molar-refractivity contribution is 0.116. The van der Waals surface area contributed by atoms with E-state index < -0.39 is 6.09 Å². The van der Waals surface area contributed by atoms with Crippen molar-refractivity contribution >= 4 is 6.09 Å². The zero-order valence-corrected chi connectivity index (χ0v) is 8.64. The van der Waals surface area contributed by atoms with E-state index in [0.717, 1.165) is 5.56 Å². The van der Waals surface area contributed by atoms with E-state index in [9.17, 15) is 4.79 Å². The van der Waals surface area contributed by atoms with Gasteiger partial charge in [-0.25, -0.2) is 4.79 Å². The van der Waals surface area contributed by atoms with E-state index in [0.29, 0.717) is 0 Å². The average molecular weight is 209 g/mol. The molecule has 15 heavy (non-hydrogen) atoms. The molecule has 0 heterocycles. The van der Waals surface area contributed by atoms with Gasteiger partial charge in [0, 0.05) is 0 Å². The summed E-state index contributed by atoms with van der Waals surface area (Å²) < 4.78 is 4.68. The second-order valence-corrected chi connectivity index (χ2v) is 3.14. The Labute approximate surface area is 88.9 Å². The number of hydrogen-bond acceptors (Lipinski definition) is 3. The van der Waals surface area contributed by atoms with Gasteiger partial charge >= 0.3 is 6.09 Å². The number of carbonyl (C=O) groups excluding carboxylic acids is 1. The summed E-state index contributed by atoms with van der Waals surface area (Å²) in [4.78, 5) is 11.1. The number of ether oxygens (including phenoxy) is 1. The molecule has 1 aromatic carbocycles. The minimum Gasteiger partial charge on any atom is -0.447 e. The van der Waals surface area contributed by atoms with Crippen LogP contribution in [0.25, 0.3) is 0 Å². The first-order valence-corrected chi connectivity index (χ1v) is 4.83. The van der Waals surface area contributed by atoms with Crippen molar-refractivity contribution in [1.82, 2.24) is 5.32 Å². The summed E-state index contributed by atoms with van der Waals surface area (Å²) in [5, 5.41) is 11.1. The van der Waals surface area contributed by atoms with Gasteiger partial charge in [0.1, 0.15) is 6.61 Å². The highest BCUT2D eigenvalue weighted by Gasteiger charge is 2.08. The summed E-state index contributed by atoms with van der Waals surface area (Å²) in [6.45, 7) is 1.73. The van der Waals surface area contributed by atoms with E-state index in [4.69, 9.17) is 5.11 Å².